The SMILES string of the molecule is CC(C)(O)/C=C/C(=O)[C@](C)(O)C1[C@@H](O)C[C@@]2(C)[C@@H]3CC=C4[C@H](CC(O)[C@@H](O)C4(C)C)C3(C)C(=O)CC12C. The Kier molecular flexibility index (Phi) is 6.43. The summed E-state index contributed by atoms with van der Waals surface area (Å²) in [4.78, 5) is 27.4. The predicted octanol–water partition coefficient (Wildman–Crippen LogP) is 2.72. The minimum absolute atomic E-state index is 0.0156. The van der Waals surface area contributed by atoms with E-state index < -0.39 is 62.9 Å². The second kappa shape index (κ2) is 8.31. The van der Waals surface area contributed by atoms with Gasteiger partial charge in [0.15, 0.2) is 5.78 Å². The van der Waals surface area contributed by atoms with Gasteiger partial charge in [-0.05, 0) is 68.8 Å². The van der Waals surface area contributed by atoms with Crippen molar-refractivity contribution in [1.82, 2.24) is 0 Å². The first kappa shape index (κ1) is 28.6. The van der Waals surface area contributed by atoms with Crippen molar-refractivity contribution in [2.45, 2.75) is 111 Å². The number of allylic oxidation sites excluding steroid dienone is 1. The van der Waals surface area contributed by atoms with E-state index >= 15 is 0 Å². The average Bonchev–Trinajstić information content (AvgIpc) is 2.96. The first-order valence-electron chi connectivity index (χ1n) is 13.6. The fraction of sp³-hybridized carbons (Fsp3) is 0.800. The van der Waals surface area contributed by atoms with Gasteiger partial charge in [0, 0.05) is 23.2 Å². The Labute approximate surface area is 220 Å². The second-order valence-corrected chi connectivity index (χ2v) is 14.4. The van der Waals surface area contributed by atoms with E-state index in [1.165, 1.54) is 32.9 Å². The van der Waals surface area contributed by atoms with Crippen LogP contribution in [-0.2, 0) is 9.59 Å². The number of rotatable bonds is 4. The molecule has 0 heterocycles. The van der Waals surface area contributed by atoms with Gasteiger partial charge in [0.1, 0.15) is 11.4 Å². The number of carbonyl (C=O) groups is 2. The zero-order chi connectivity index (χ0) is 28.1. The molecule has 0 bridgehead atoms. The summed E-state index contributed by atoms with van der Waals surface area (Å²) in [6.07, 6.45) is 3.10. The van der Waals surface area contributed by atoms with Crippen molar-refractivity contribution < 1.29 is 35.1 Å². The minimum atomic E-state index is -1.94. The number of ketones is 2. The van der Waals surface area contributed by atoms with Crippen LogP contribution in [0.1, 0.15) is 81.1 Å². The van der Waals surface area contributed by atoms with Crippen LogP contribution in [0.4, 0.5) is 0 Å². The van der Waals surface area contributed by atoms with Crippen molar-refractivity contribution >= 4 is 11.6 Å². The molecular weight excluding hydrogens is 472 g/mol. The summed E-state index contributed by atoms with van der Waals surface area (Å²) >= 11 is 0. The Morgan fingerprint density at radius 2 is 1.59 bits per heavy atom. The highest BCUT2D eigenvalue weighted by Crippen LogP contribution is 2.74. The molecule has 4 unspecified atom stereocenters. The zero-order valence-electron chi connectivity index (χ0n) is 23.6. The van der Waals surface area contributed by atoms with E-state index in [0.29, 0.717) is 19.3 Å². The monoisotopic (exact) mass is 518 g/mol. The number of hydrogen-bond donors (Lipinski definition) is 5. The largest absolute Gasteiger partial charge is 0.393 e. The van der Waals surface area contributed by atoms with Gasteiger partial charge in [-0.3, -0.25) is 9.59 Å². The quantitative estimate of drug-likeness (QED) is 0.285. The standard InChI is InChI=1S/C30H46O7/c1-25(2,36)12-11-21(33)30(8,37)23-19(32)14-27(5)20-10-9-16-17(13-18(31)24(35)26(16,3)4)29(20,7)22(34)15-28(23,27)6/h9,11-12,17-20,23-24,31-32,35-37H,10,13-15H2,1-8H3/b12-11+/t17-,18?,19-,20-,23?,24+,27-,28?,29?,30-/m0/s1. The van der Waals surface area contributed by atoms with Gasteiger partial charge < -0.3 is 25.5 Å². The average molecular weight is 519 g/mol. The second-order valence-electron chi connectivity index (χ2n) is 14.4. The highest BCUT2D eigenvalue weighted by atomic mass is 16.3. The number of aliphatic hydroxyl groups excluding tert-OH is 3. The molecule has 0 aromatic heterocycles. The van der Waals surface area contributed by atoms with Crippen LogP contribution in [-0.4, -0.2) is 66.6 Å². The van der Waals surface area contributed by atoms with Gasteiger partial charge in [0.05, 0.1) is 23.9 Å². The molecule has 4 aliphatic rings. The third-order valence-electron chi connectivity index (χ3n) is 11.4. The van der Waals surface area contributed by atoms with Gasteiger partial charge in [-0.25, -0.2) is 0 Å². The molecule has 0 aromatic carbocycles. The molecule has 4 aliphatic carbocycles. The Hall–Kier alpha value is -1.38. The highest BCUT2D eigenvalue weighted by Gasteiger charge is 2.74. The lowest BCUT2D eigenvalue weighted by molar-refractivity contribution is -0.186. The van der Waals surface area contributed by atoms with Crippen LogP contribution in [0.25, 0.3) is 0 Å². The number of aliphatic hydroxyl groups is 5. The molecule has 0 saturated heterocycles. The maximum Gasteiger partial charge on any atom is 0.187 e. The molecule has 3 fully saturated rings. The maximum absolute atomic E-state index is 14.2. The number of carbonyl (C=O) groups excluding carboxylic acids is 2. The molecule has 3 saturated carbocycles. The Morgan fingerprint density at radius 1 is 1.00 bits per heavy atom. The smallest absolute Gasteiger partial charge is 0.187 e. The van der Waals surface area contributed by atoms with Crippen molar-refractivity contribution in [3.05, 3.63) is 23.8 Å². The Morgan fingerprint density at radius 3 is 2.16 bits per heavy atom. The molecule has 0 spiro atoms. The number of hydrogen-bond acceptors (Lipinski definition) is 7. The molecule has 0 radical (unpaired) electrons. The summed E-state index contributed by atoms with van der Waals surface area (Å²) in [5.41, 5.74) is -5.07. The number of Topliss-reactive ketones (excluding diaryl/α,β-unsaturated/α-hetero) is 1. The predicted molar refractivity (Wildman–Crippen MR) is 139 cm³/mol. The van der Waals surface area contributed by atoms with Crippen LogP contribution in [0.2, 0.25) is 0 Å². The lowest BCUT2D eigenvalue weighted by Gasteiger charge is -2.65. The minimum Gasteiger partial charge on any atom is -0.393 e. The summed E-state index contributed by atoms with van der Waals surface area (Å²) in [6, 6.07) is 0. The van der Waals surface area contributed by atoms with E-state index in [9.17, 15) is 35.1 Å². The van der Waals surface area contributed by atoms with Crippen LogP contribution in [0, 0.1) is 39.4 Å². The molecule has 0 aliphatic heterocycles. The summed E-state index contributed by atoms with van der Waals surface area (Å²) in [6.45, 7) is 14.3. The first-order valence-corrected chi connectivity index (χ1v) is 13.6. The molecule has 5 N–H and O–H groups in total. The Bertz CT molecular complexity index is 1050. The van der Waals surface area contributed by atoms with Crippen LogP contribution in [0.3, 0.4) is 0 Å². The summed E-state index contributed by atoms with van der Waals surface area (Å²) in [7, 11) is 0. The van der Waals surface area contributed by atoms with Crippen LogP contribution in [0.5, 0.6) is 0 Å². The van der Waals surface area contributed by atoms with Crippen molar-refractivity contribution in [3.63, 3.8) is 0 Å². The normalized spacial score (nSPS) is 47.1. The van der Waals surface area contributed by atoms with Crippen LogP contribution in [0.15, 0.2) is 23.8 Å². The molecular formula is C30H46O7. The molecule has 7 heteroatoms. The van der Waals surface area contributed by atoms with Crippen LogP contribution < -0.4 is 0 Å². The van der Waals surface area contributed by atoms with Crippen molar-refractivity contribution in [2.75, 3.05) is 0 Å². The molecule has 0 aromatic rings. The fourth-order valence-corrected chi connectivity index (χ4v) is 9.15. The van der Waals surface area contributed by atoms with Gasteiger partial charge in [-0.15, -0.1) is 0 Å². The summed E-state index contributed by atoms with van der Waals surface area (Å²) in [5, 5.41) is 54.6. The lowest BCUT2D eigenvalue weighted by Crippen LogP contribution is -2.65. The molecule has 37 heavy (non-hydrogen) atoms. The van der Waals surface area contributed by atoms with Crippen LogP contribution >= 0.6 is 0 Å². The topological polar surface area (TPSA) is 135 Å². The van der Waals surface area contributed by atoms with Crippen molar-refractivity contribution in [2.24, 2.45) is 39.4 Å². The van der Waals surface area contributed by atoms with E-state index in [4.69, 9.17) is 0 Å². The third kappa shape index (κ3) is 3.79. The van der Waals surface area contributed by atoms with Gasteiger partial charge in [-0.1, -0.05) is 52.3 Å². The Balaban J connectivity index is 1.79. The van der Waals surface area contributed by atoms with Crippen molar-refractivity contribution in [3.8, 4) is 0 Å². The highest BCUT2D eigenvalue weighted by molar-refractivity contribution is 5.97. The first-order chi connectivity index (χ1) is 16.7. The molecule has 208 valence electrons. The molecule has 7 nitrogen and oxygen atoms in total. The van der Waals surface area contributed by atoms with E-state index in [2.05, 4.69) is 13.0 Å². The zero-order valence-corrected chi connectivity index (χ0v) is 23.6. The number of fused-ring (bicyclic) bond motifs is 5. The van der Waals surface area contributed by atoms with Gasteiger partial charge >= 0.3 is 0 Å². The molecule has 4 rings (SSSR count). The van der Waals surface area contributed by atoms with Gasteiger partial charge in [0.25, 0.3) is 0 Å². The maximum atomic E-state index is 14.2. The third-order valence-corrected chi connectivity index (χ3v) is 11.4. The van der Waals surface area contributed by atoms with E-state index in [0.717, 1.165) is 5.57 Å². The van der Waals surface area contributed by atoms with E-state index in [1.54, 1.807) is 0 Å². The van der Waals surface area contributed by atoms with Gasteiger partial charge in [0.2, 0.25) is 0 Å². The fourth-order valence-electron chi connectivity index (χ4n) is 9.15. The van der Waals surface area contributed by atoms with E-state index in [-0.39, 0.29) is 24.0 Å². The van der Waals surface area contributed by atoms with Crippen molar-refractivity contribution in [1.29, 1.82) is 0 Å². The van der Waals surface area contributed by atoms with Gasteiger partial charge in [-0.2, -0.15) is 0 Å². The molecule has 0 amide bonds. The summed E-state index contributed by atoms with van der Waals surface area (Å²) < 4.78 is 0. The van der Waals surface area contributed by atoms with E-state index in [1.807, 2.05) is 27.7 Å². The summed E-state index contributed by atoms with van der Waals surface area (Å²) in [5.74, 6) is -1.88. The molecule has 10 atom stereocenters. The lowest BCUT2D eigenvalue weighted by atomic mass is 9.38.